The third kappa shape index (κ3) is 3.44. The number of hydrogen-bond acceptors (Lipinski definition) is 2. The van der Waals surface area contributed by atoms with E-state index in [1.54, 1.807) is 0 Å². The van der Waals surface area contributed by atoms with Gasteiger partial charge in [-0.25, -0.2) is 4.79 Å². The van der Waals surface area contributed by atoms with Crippen LogP contribution < -0.4 is 0 Å². The summed E-state index contributed by atoms with van der Waals surface area (Å²) in [6.45, 7) is 3.34. The Hall–Kier alpha value is -1.56. The summed E-state index contributed by atoms with van der Waals surface area (Å²) in [5.41, 5.74) is 0. The predicted octanol–water partition coefficient (Wildman–Crippen LogP) is 0.953. The second kappa shape index (κ2) is 4.33. The Morgan fingerprint density at radius 2 is 2.40 bits per heavy atom. The summed E-state index contributed by atoms with van der Waals surface area (Å²) in [6.07, 6.45) is 3.57. The van der Waals surface area contributed by atoms with E-state index in [2.05, 4.69) is 6.58 Å². The van der Waals surface area contributed by atoms with E-state index in [1.807, 2.05) is 6.07 Å². The molecule has 3 heteroatoms. The van der Waals surface area contributed by atoms with Gasteiger partial charge in [0.05, 0.1) is 12.0 Å². The van der Waals surface area contributed by atoms with Crippen LogP contribution in [0.2, 0.25) is 0 Å². The Bertz CT molecular complexity index is 200. The number of carbonyl (C=O) groups is 1. The van der Waals surface area contributed by atoms with Gasteiger partial charge in [-0.15, -0.1) is 6.58 Å². The lowest BCUT2D eigenvalue weighted by Gasteiger charge is -1.88. The fourth-order valence-corrected chi connectivity index (χ4v) is 0.360. The molecule has 0 rings (SSSR count). The smallest absolute Gasteiger partial charge is 0.328 e. The van der Waals surface area contributed by atoms with Gasteiger partial charge in [-0.05, 0) is 0 Å². The number of carboxylic acid groups (broad SMARTS) is 1. The molecule has 0 fully saturated rings. The molecule has 0 aromatic heterocycles. The maximum Gasteiger partial charge on any atom is 0.328 e. The van der Waals surface area contributed by atoms with E-state index in [4.69, 9.17) is 10.4 Å². The Morgan fingerprint density at radius 1 is 1.80 bits per heavy atom. The second-order valence-corrected chi connectivity index (χ2v) is 1.59. The van der Waals surface area contributed by atoms with Crippen molar-refractivity contribution in [3.05, 3.63) is 24.8 Å². The monoisotopic (exact) mass is 137 g/mol. The fourth-order valence-electron chi connectivity index (χ4n) is 0.360. The third-order valence-electron chi connectivity index (χ3n) is 0.849. The van der Waals surface area contributed by atoms with Gasteiger partial charge in [-0.3, -0.25) is 0 Å². The molecule has 0 aliphatic rings. The van der Waals surface area contributed by atoms with Crippen molar-refractivity contribution >= 4 is 5.97 Å². The first-order chi connectivity index (χ1) is 4.70. The van der Waals surface area contributed by atoms with Crippen LogP contribution in [-0.2, 0) is 4.79 Å². The van der Waals surface area contributed by atoms with Gasteiger partial charge in [0, 0.05) is 6.08 Å². The van der Waals surface area contributed by atoms with Gasteiger partial charge in [-0.1, -0.05) is 12.2 Å². The average Bonchev–Trinajstić information content (AvgIpc) is 1.90. The van der Waals surface area contributed by atoms with Crippen molar-refractivity contribution in [2.75, 3.05) is 0 Å². The number of hydrogen-bond donors (Lipinski definition) is 1. The molecule has 10 heavy (non-hydrogen) atoms. The molecule has 52 valence electrons. The molecule has 1 unspecified atom stereocenters. The highest BCUT2D eigenvalue weighted by Crippen LogP contribution is 1.96. The van der Waals surface area contributed by atoms with E-state index in [9.17, 15) is 4.79 Å². The molecule has 0 aliphatic heterocycles. The first-order valence-electron chi connectivity index (χ1n) is 2.64. The highest BCUT2D eigenvalue weighted by atomic mass is 16.4. The summed E-state index contributed by atoms with van der Waals surface area (Å²) in [6, 6.07) is 1.84. The SMILES string of the molecule is C=CC(C#N)C=CC(=O)O. The van der Waals surface area contributed by atoms with Crippen molar-refractivity contribution in [3.63, 3.8) is 0 Å². The van der Waals surface area contributed by atoms with Crippen molar-refractivity contribution in [3.8, 4) is 6.07 Å². The van der Waals surface area contributed by atoms with Crippen LogP contribution in [-0.4, -0.2) is 11.1 Å². The quantitative estimate of drug-likeness (QED) is 0.465. The molecule has 1 N–H and O–H groups in total. The molecular weight excluding hydrogens is 130 g/mol. The Balaban J connectivity index is 4.00. The Labute approximate surface area is 58.9 Å². The lowest BCUT2D eigenvalue weighted by atomic mass is 10.1. The molecule has 0 radical (unpaired) electrons. The Kier molecular flexibility index (Phi) is 3.66. The molecule has 0 aliphatic carbocycles. The molecule has 0 aromatic rings. The maximum atomic E-state index is 9.91. The van der Waals surface area contributed by atoms with E-state index in [0.717, 1.165) is 6.08 Å². The summed E-state index contributed by atoms with van der Waals surface area (Å²) in [5, 5.41) is 16.4. The van der Waals surface area contributed by atoms with E-state index >= 15 is 0 Å². The molecule has 0 aromatic carbocycles. The second-order valence-electron chi connectivity index (χ2n) is 1.59. The molecule has 1 atom stereocenters. The zero-order valence-corrected chi connectivity index (χ0v) is 5.32. The summed E-state index contributed by atoms with van der Waals surface area (Å²) >= 11 is 0. The number of aliphatic carboxylic acids is 1. The van der Waals surface area contributed by atoms with E-state index < -0.39 is 11.9 Å². The van der Waals surface area contributed by atoms with Crippen molar-refractivity contribution < 1.29 is 9.90 Å². The summed E-state index contributed by atoms with van der Waals surface area (Å²) in [4.78, 5) is 9.91. The molecular formula is C7H7NO2. The predicted molar refractivity (Wildman–Crippen MR) is 36.1 cm³/mol. The van der Waals surface area contributed by atoms with E-state index in [0.29, 0.717) is 0 Å². The van der Waals surface area contributed by atoms with Crippen LogP contribution in [0.25, 0.3) is 0 Å². The summed E-state index contributed by atoms with van der Waals surface area (Å²) < 4.78 is 0. The van der Waals surface area contributed by atoms with Gasteiger partial charge < -0.3 is 5.11 Å². The lowest BCUT2D eigenvalue weighted by Crippen LogP contribution is -1.90. The van der Waals surface area contributed by atoms with Crippen molar-refractivity contribution in [2.45, 2.75) is 0 Å². The minimum absolute atomic E-state index is 0.504. The zero-order chi connectivity index (χ0) is 7.98. The number of allylic oxidation sites excluding steroid dienone is 2. The average molecular weight is 137 g/mol. The highest BCUT2D eigenvalue weighted by Gasteiger charge is 1.94. The zero-order valence-electron chi connectivity index (χ0n) is 5.32. The van der Waals surface area contributed by atoms with Crippen LogP contribution in [0, 0.1) is 17.2 Å². The number of rotatable bonds is 3. The molecule has 0 saturated carbocycles. The van der Waals surface area contributed by atoms with Gasteiger partial charge in [-0.2, -0.15) is 5.26 Å². The minimum Gasteiger partial charge on any atom is -0.478 e. The molecule has 0 spiro atoms. The van der Waals surface area contributed by atoms with Gasteiger partial charge in [0.15, 0.2) is 0 Å². The third-order valence-corrected chi connectivity index (χ3v) is 0.849. The molecule has 0 amide bonds. The number of nitrogens with zero attached hydrogens (tertiary/aromatic N) is 1. The van der Waals surface area contributed by atoms with Crippen molar-refractivity contribution in [1.29, 1.82) is 5.26 Å². The van der Waals surface area contributed by atoms with Gasteiger partial charge in [0.1, 0.15) is 0 Å². The van der Waals surface area contributed by atoms with Crippen LogP contribution in [0.5, 0.6) is 0 Å². The first-order valence-corrected chi connectivity index (χ1v) is 2.64. The van der Waals surface area contributed by atoms with Gasteiger partial charge >= 0.3 is 5.97 Å². The van der Waals surface area contributed by atoms with Gasteiger partial charge in [0.2, 0.25) is 0 Å². The summed E-state index contributed by atoms with van der Waals surface area (Å²) in [5.74, 6) is -1.56. The fraction of sp³-hybridized carbons (Fsp3) is 0.143. The van der Waals surface area contributed by atoms with Crippen LogP contribution in [0.3, 0.4) is 0 Å². The highest BCUT2D eigenvalue weighted by molar-refractivity contribution is 5.79. The number of nitriles is 1. The van der Waals surface area contributed by atoms with E-state index in [-0.39, 0.29) is 0 Å². The summed E-state index contributed by atoms with van der Waals surface area (Å²) in [7, 11) is 0. The Morgan fingerprint density at radius 3 is 2.70 bits per heavy atom. The largest absolute Gasteiger partial charge is 0.478 e. The normalized spacial score (nSPS) is 12.3. The van der Waals surface area contributed by atoms with Gasteiger partial charge in [0.25, 0.3) is 0 Å². The lowest BCUT2D eigenvalue weighted by molar-refractivity contribution is -0.131. The van der Waals surface area contributed by atoms with Crippen LogP contribution in [0.4, 0.5) is 0 Å². The molecule has 0 heterocycles. The molecule has 3 nitrogen and oxygen atoms in total. The topological polar surface area (TPSA) is 61.1 Å². The van der Waals surface area contributed by atoms with Crippen LogP contribution >= 0.6 is 0 Å². The molecule has 0 bridgehead atoms. The maximum absolute atomic E-state index is 9.91. The minimum atomic E-state index is -1.05. The van der Waals surface area contributed by atoms with Crippen molar-refractivity contribution in [1.82, 2.24) is 0 Å². The van der Waals surface area contributed by atoms with Crippen LogP contribution in [0.15, 0.2) is 24.8 Å². The molecule has 0 saturated heterocycles. The number of carboxylic acids is 1. The first kappa shape index (κ1) is 8.44. The van der Waals surface area contributed by atoms with Crippen LogP contribution in [0.1, 0.15) is 0 Å². The standard InChI is InChI=1S/C7H7NO2/c1-2-6(5-8)3-4-7(9)10/h2-4,6H,1H2,(H,9,10). The van der Waals surface area contributed by atoms with Crippen molar-refractivity contribution in [2.24, 2.45) is 5.92 Å². The van der Waals surface area contributed by atoms with E-state index in [1.165, 1.54) is 12.2 Å².